The highest BCUT2D eigenvalue weighted by molar-refractivity contribution is 8.76. The predicted molar refractivity (Wildman–Crippen MR) is 102 cm³/mol. The number of aromatic nitrogens is 4. The number of rotatable bonds is 11. The van der Waals surface area contributed by atoms with E-state index in [2.05, 4.69) is 32.0 Å². The Morgan fingerprint density at radius 2 is 1.67 bits per heavy atom. The smallest absolute Gasteiger partial charge is 0.373 e. The van der Waals surface area contributed by atoms with Crippen LogP contribution in [0, 0.1) is 0 Å². The van der Waals surface area contributed by atoms with Crippen LogP contribution in [0.4, 0.5) is 0 Å². The van der Waals surface area contributed by atoms with Gasteiger partial charge >= 0.3 is 11.9 Å². The number of nitrogens with one attached hydrogen (secondary N) is 3. The van der Waals surface area contributed by atoms with Crippen LogP contribution in [-0.4, -0.2) is 79.6 Å². The molecule has 2 aromatic heterocycles. The number of carboxylic acid groups (broad SMARTS) is 2. The van der Waals surface area contributed by atoms with E-state index in [-0.39, 0.29) is 12.8 Å². The Bertz CT molecular complexity index is 807. The summed E-state index contributed by atoms with van der Waals surface area (Å²) >= 11 is 0. The van der Waals surface area contributed by atoms with Crippen LogP contribution in [-0.2, 0) is 22.4 Å². The van der Waals surface area contributed by atoms with Crippen molar-refractivity contribution in [1.29, 1.82) is 0 Å². The van der Waals surface area contributed by atoms with Gasteiger partial charge in [-0.15, -0.1) is 0 Å². The van der Waals surface area contributed by atoms with Gasteiger partial charge in [0.05, 0.1) is 30.5 Å². The van der Waals surface area contributed by atoms with Gasteiger partial charge in [-0.2, -0.15) is 0 Å². The average Bonchev–Trinajstić information content (AvgIpc) is 3.23. The molecule has 0 bridgehead atoms. The lowest BCUT2D eigenvalue weighted by molar-refractivity contribution is -0.517. The predicted octanol–water partition coefficient (Wildman–Crippen LogP) is 0.486. The monoisotopic (exact) mass is 413 g/mol. The van der Waals surface area contributed by atoms with Crippen LogP contribution in [0.2, 0.25) is 0 Å². The molecule has 0 aromatic carbocycles. The van der Waals surface area contributed by atoms with Gasteiger partial charge in [-0.1, -0.05) is 0 Å². The summed E-state index contributed by atoms with van der Waals surface area (Å²) in [6.45, 7) is 3.66. The first-order chi connectivity index (χ1) is 12.8. The van der Waals surface area contributed by atoms with E-state index in [9.17, 15) is 19.8 Å². The molecule has 2 aromatic rings. The second-order valence-electron chi connectivity index (χ2n) is 5.74. The summed E-state index contributed by atoms with van der Waals surface area (Å²) in [4.78, 5) is 36.9. The molecule has 0 aliphatic heterocycles. The molecule has 0 saturated heterocycles. The third-order valence-electron chi connectivity index (χ3n) is 3.83. The van der Waals surface area contributed by atoms with Gasteiger partial charge in [0.15, 0.2) is 0 Å². The molecule has 0 saturated carbocycles. The maximum atomic E-state index is 11.4. The minimum Gasteiger partial charge on any atom is -0.480 e. The van der Waals surface area contributed by atoms with Crippen molar-refractivity contribution >= 4 is 40.2 Å². The van der Waals surface area contributed by atoms with E-state index in [1.807, 2.05) is 0 Å². The molecule has 1 unspecified atom stereocenters. The lowest BCUT2D eigenvalue weighted by Gasteiger charge is -2.10. The molecule has 2 rings (SSSR count). The number of nitrogens with zero attached hydrogens (tertiary/aromatic N) is 3. The van der Waals surface area contributed by atoms with E-state index in [0.717, 1.165) is 0 Å². The molecule has 0 fully saturated rings. The van der Waals surface area contributed by atoms with Crippen molar-refractivity contribution in [3.8, 4) is 0 Å². The van der Waals surface area contributed by atoms with E-state index in [4.69, 9.17) is 0 Å². The van der Waals surface area contributed by atoms with Crippen molar-refractivity contribution in [3.63, 3.8) is 0 Å². The van der Waals surface area contributed by atoms with Gasteiger partial charge in [0, 0.05) is 6.42 Å². The Balaban J connectivity index is 2.06. The minimum absolute atomic E-state index is 0.229. The first-order valence-corrected chi connectivity index (χ1v) is 10.0. The van der Waals surface area contributed by atoms with Crippen molar-refractivity contribution in [1.82, 2.24) is 25.3 Å². The number of imidazole rings is 2. The SMILES string of the molecule is C=[N+](C)C(Cc1[nH]cnc1SSc1nc[nH]c1C[C@H](NC)C(=O)O)C(=O)O. The lowest BCUT2D eigenvalue weighted by atomic mass is 10.1. The summed E-state index contributed by atoms with van der Waals surface area (Å²) in [6.07, 6.45) is 3.51. The molecular weight excluding hydrogens is 392 g/mol. The fraction of sp³-hybridized carbons (Fsp3) is 0.400. The highest BCUT2D eigenvalue weighted by Gasteiger charge is 2.28. The van der Waals surface area contributed by atoms with Gasteiger partial charge in [0.25, 0.3) is 6.04 Å². The highest BCUT2D eigenvalue weighted by atomic mass is 33.1. The van der Waals surface area contributed by atoms with E-state index >= 15 is 0 Å². The average molecular weight is 414 g/mol. The van der Waals surface area contributed by atoms with Crippen LogP contribution in [0.1, 0.15) is 11.4 Å². The summed E-state index contributed by atoms with van der Waals surface area (Å²) < 4.78 is 1.39. The Morgan fingerprint density at radius 3 is 2.07 bits per heavy atom. The van der Waals surface area contributed by atoms with Crippen LogP contribution >= 0.6 is 21.6 Å². The maximum Gasteiger partial charge on any atom is 0.373 e. The fourth-order valence-corrected chi connectivity index (χ4v) is 4.44. The molecule has 12 heteroatoms. The Morgan fingerprint density at radius 1 is 1.15 bits per heavy atom. The zero-order chi connectivity index (χ0) is 20.0. The van der Waals surface area contributed by atoms with Crippen molar-refractivity contribution in [2.75, 3.05) is 14.1 Å². The third kappa shape index (κ3) is 5.58. The molecule has 0 spiro atoms. The van der Waals surface area contributed by atoms with Crippen LogP contribution in [0.3, 0.4) is 0 Å². The second-order valence-corrected chi connectivity index (χ2v) is 7.84. The standard InChI is InChI=1S/C15H20N6O4S2/c1-16-10(14(22)23)4-8-12(19-6-17-8)26-27-13-9(18-7-20-13)5-11(15(24)25)21(2)3/h6-7,10-11,16H,2,4-5H2,1,3H3,(H3-,17,18,19,20,22,23,24,25)/p+1/t10-,11?/m0/s1. The Labute approximate surface area is 163 Å². The molecule has 0 aliphatic carbocycles. The quantitative estimate of drug-likeness (QED) is 0.202. The van der Waals surface area contributed by atoms with Crippen molar-refractivity contribution in [2.24, 2.45) is 0 Å². The summed E-state index contributed by atoms with van der Waals surface area (Å²) in [5.41, 5.74) is 1.39. The summed E-state index contributed by atoms with van der Waals surface area (Å²) in [5.74, 6) is -1.91. The van der Waals surface area contributed by atoms with Crippen molar-refractivity contribution in [3.05, 3.63) is 24.0 Å². The highest BCUT2D eigenvalue weighted by Crippen LogP contribution is 2.38. The Hall–Kier alpha value is -2.31. The number of aliphatic carboxylic acids is 2. The maximum absolute atomic E-state index is 11.4. The van der Waals surface area contributed by atoms with Gasteiger partial charge in [-0.3, -0.25) is 4.79 Å². The number of hydrogen-bond acceptors (Lipinski definition) is 7. The van der Waals surface area contributed by atoms with Crippen LogP contribution in [0.25, 0.3) is 0 Å². The lowest BCUT2D eigenvalue weighted by Crippen LogP contribution is -2.36. The van der Waals surface area contributed by atoms with Crippen LogP contribution < -0.4 is 5.32 Å². The molecule has 5 N–H and O–H groups in total. The molecule has 2 heterocycles. The molecular formula is C15H21N6O4S2+. The molecule has 2 atom stereocenters. The number of hydrogen-bond donors (Lipinski definition) is 5. The molecule has 27 heavy (non-hydrogen) atoms. The second kappa shape index (κ2) is 9.58. The largest absolute Gasteiger partial charge is 0.480 e. The molecule has 146 valence electrons. The van der Waals surface area contributed by atoms with Crippen LogP contribution in [0.5, 0.6) is 0 Å². The molecule has 0 radical (unpaired) electrons. The number of H-pyrrole nitrogens is 2. The zero-order valence-electron chi connectivity index (χ0n) is 14.8. The van der Waals surface area contributed by atoms with Gasteiger partial charge in [0.1, 0.15) is 29.9 Å². The van der Waals surface area contributed by atoms with Gasteiger partial charge < -0.3 is 25.5 Å². The number of carbonyl (C=O) groups is 2. The summed E-state index contributed by atoms with van der Waals surface area (Å²) in [7, 11) is 5.85. The minimum atomic E-state index is -0.966. The Kier molecular flexibility index (Phi) is 7.45. The van der Waals surface area contributed by atoms with Gasteiger partial charge in [-0.05, 0) is 28.6 Å². The number of likely N-dealkylation sites (N-methyl/N-ethyl adjacent to an activating group) is 2. The fourth-order valence-electron chi connectivity index (χ4n) is 2.27. The third-order valence-corrected chi connectivity index (χ3v) is 6.13. The molecule has 0 amide bonds. The van der Waals surface area contributed by atoms with Gasteiger partial charge in [0.2, 0.25) is 0 Å². The van der Waals surface area contributed by atoms with E-state index in [0.29, 0.717) is 21.4 Å². The normalized spacial score (nSPS) is 13.3. The molecule has 10 nitrogen and oxygen atoms in total. The first kappa shape index (κ1) is 21.0. The van der Waals surface area contributed by atoms with E-state index in [1.54, 1.807) is 14.1 Å². The zero-order valence-corrected chi connectivity index (χ0v) is 16.4. The van der Waals surface area contributed by atoms with E-state index < -0.39 is 24.0 Å². The summed E-state index contributed by atoms with van der Waals surface area (Å²) in [6, 6.07) is -1.50. The van der Waals surface area contributed by atoms with E-state index in [1.165, 1.54) is 38.8 Å². The number of carboxylic acids is 2. The van der Waals surface area contributed by atoms with Crippen LogP contribution in [0.15, 0.2) is 22.7 Å². The topological polar surface area (TPSA) is 147 Å². The first-order valence-electron chi connectivity index (χ1n) is 7.88. The number of aromatic amines is 2. The van der Waals surface area contributed by atoms with Crippen molar-refractivity contribution in [2.45, 2.75) is 35.0 Å². The van der Waals surface area contributed by atoms with Crippen molar-refractivity contribution < 1.29 is 24.4 Å². The molecule has 0 aliphatic rings. The summed E-state index contributed by atoms with van der Waals surface area (Å²) in [5, 5.41) is 22.5. The van der Waals surface area contributed by atoms with Gasteiger partial charge in [-0.25, -0.2) is 19.3 Å².